The summed E-state index contributed by atoms with van der Waals surface area (Å²) in [4.78, 5) is 12.5. The third-order valence-corrected chi connectivity index (χ3v) is 2.98. The summed E-state index contributed by atoms with van der Waals surface area (Å²) in [6.07, 6.45) is 4.70. The number of halogens is 1. The summed E-state index contributed by atoms with van der Waals surface area (Å²) in [7, 11) is 3.21. The summed E-state index contributed by atoms with van der Waals surface area (Å²) < 4.78 is 5.09. The predicted molar refractivity (Wildman–Crippen MR) is 77.7 cm³/mol. The quantitative estimate of drug-likeness (QED) is 0.873. The van der Waals surface area contributed by atoms with Crippen molar-refractivity contribution in [2.75, 3.05) is 14.2 Å². The Balaban J connectivity index is 2.68. The molecule has 0 unspecified atom stereocenters. The maximum absolute atomic E-state index is 6.36. The van der Waals surface area contributed by atoms with E-state index in [2.05, 4.69) is 15.0 Å². The third-order valence-electron chi connectivity index (χ3n) is 2.59. The molecule has 0 aliphatic rings. The second-order valence-corrected chi connectivity index (χ2v) is 4.09. The molecule has 19 heavy (non-hydrogen) atoms. The summed E-state index contributed by atoms with van der Waals surface area (Å²) in [5, 5.41) is 0.473. The highest BCUT2D eigenvalue weighted by Crippen LogP contribution is 2.29. The van der Waals surface area contributed by atoms with Gasteiger partial charge in [-0.15, -0.1) is 0 Å². The average Bonchev–Trinajstić information content (AvgIpc) is 2.45. The standard InChI is InChI=1S/C13H13ClN4O/c1-16-6-8(5-15)9-7-17-10-3-4-11(19-2)18-13(10)12(9)14/h3-7H,15H2,1-2H3. The molecule has 0 spiro atoms. The van der Waals surface area contributed by atoms with Crippen LogP contribution in [-0.4, -0.2) is 30.3 Å². The molecule has 0 aromatic carbocycles. The molecule has 0 saturated heterocycles. The number of pyridine rings is 2. The Hall–Kier alpha value is -2.14. The first-order valence-corrected chi connectivity index (χ1v) is 5.92. The van der Waals surface area contributed by atoms with Crippen molar-refractivity contribution < 1.29 is 4.74 Å². The Morgan fingerprint density at radius 2 is 2.26 bits per heavy atom. The molecule has 2 aromatic rings. The lowest BCUT2D eigenvalue weighted by atomic mass is 10.1. The van der Waals surface area contributed by atoms with Gasteiger partial charge in [-0.25, -0.2) is 4.98 Å². The van der Waals surface area contributed by atoms with Gasteiger partial charge < -0.3 is 10.5 Å². The lowest BCUT2D eigenvalue weighted by Gasteiger charge is -2.07. The highest BCUT2D eigenvalue weighted by molar-refractivity contribution is 6.37. The Bertz CT molecular complexity index is 667. The third kappa shape index (κ3) is 2.51. The zero-order valence-corrected chi connectivity index (χ0v) is 11.3. The number of fused-ring (bicyclic) bond motifs is 1. The van der Waals surface area contributed by atoms with E-state index in [9.17, 15) is 0 Å². The Morgan fingerprint density at radius 1 is 1.47 bits per heavy atom. The van der Waals surface area contributed by atoms with E-state index < -0.39 is 0 Å². The van der Waals surface area contributed by atoms with Crippen molar-refractivity contribution in [1.29, 1.82) is 0 Å². The highest BCUT2D eigenvalue weighted by atomic mass is 35.5. The molecule has 0 saturated carbocycles. The molecule has 0 radical (unpaired) electrons. The molecule has 0 amide bonds. The maximum atomic E-state index is 6.36. The van der Waals surface area contributed by atoms with Gasteiger partial charge in [0.15, 0.2) is 0 Å². The molecule has 6 heteroatoms. The monoisotopic (exact) mass is 276 g/mol. The van der Waals surface area contributed by atoms with Crippen LogP contribution in [0.25, 0.3) is 16.6 Å². The van der Waals surface area contributed by atoms with Crippen LogP contribution in [0.15, 0.2) is 29.5 Å². The van der Waals surface area contributed by atoms with Gasteiger partial charge in [0, 0.05) is 42.9 Å². The van der Waals surface area contributed by atoms with Crippen LogP contribution in [0, 0.1) is 0 Å². The number of hydrogen-bond donors (Lipinski definition) is 1. The van der Waals surface area contributed by atoms with Gasteiger partial charge in [0.25, 0.3) is 0 Å². The molecule has 0 aliphatic carbocycles. The van der Waals surface area contributed by atoms with Crippen molar-refractivity contribution in [2.45, 2.75) is 0 Å². The van der Waals surface area contributed by atoms with Crippen molar-refractivity contribution >= 4 is 34.4 Å². The van der Waals surface area contributed by atoms with Crippen LogP contribution in [0.2, 0.25) is 5.02 Å². The lowest BCUT2D eigenvalue weighted by Crippen LogP contribution is -1.97. The van der Waals surface area contributed by atoms with Crippen molar-refractivity contribution in [2.24, 2.45) is 10.7 Å². The number of methoxy groups -OCH3 is 1. The zero-order chi connectivity index (χ0) is 13.8. The van der Waals surface area contributed by atoms with Crippen LogP contribution in [0.5, 0.6) is 5.88 Å². The fraction of sp³-hybridized carbons (Fsp3) is 0.154. The van der Waals surface area contributed by atoms with Crippen LogP contribution in [0.1, 0.15) is 5.56 Å². The minimum atomic E-state index is 0.473. The topological polar surface area (TPSA) is 73.4 Å². The average molecular weight is 277 g/mol. The van der Waals surface area contributed by atoms with Crippen molar-refractivity contribution in [1.82, 2.24) is 9.97 Å². The first-order valence-electron chi connectivity index (χ1n) is 5.55. The van der Waals surface area contributed by atoms with E-state index in [1.54, 1.807) is 38.7 Å². The second kappa shape index (κ2) is 5.67. The Labute approximate surface area is 115 Å². The smallest absolute Gasteiger partial charge is 0.213 e. The van der Waals surface area contributed by atoms with E-state index in [0.29, 0.717) is 33.1 Å². The summed E-state index contributed by atoms with van der Waals surface area (Å²) >= 11 is 6.36. The number of nitrogens with two attached hydrogens (primary N) is 1. The van der Waals surface area contributed by atoms with Gasteiger partial charge in [0.1, 0.15) is 5.52 Å². The van der Waals surface area contributed by atoms with Crippen molar-refractivity contribution in [3.63, 3.8) is 0 Å². The van der Waals surface area contributed by atoms with Gasteiger partial charge in [-0.2, -0.15) is 0 Å². The fourth-order valence-corrected chi connectivity index (χ4v) is 1.97. The minimum Gasteiger partial charge on any atom is -0.481 e. The van der Waals surface area contributed by atoms with Crippen LogP contribution in [0.4, 0.5) is 0 Å². The molecular formula is C13H13ClN4O. The van der Waals surface area contributed by atoms with E-state index in [1.165, 1.54) is 6.20 Å². The van der Waals surface area contributed by atoms with Gasteiger partial charge in [0.05, 0.1) is 17.6 Å². The van der Waals surface area contributed by atoms with E-state index in [4.69, 9.17) is 22.1 Å². The van der Waals surface area contributed by atoms with Crippen molar-refractivity contribution in [3.8, 4) is 5.88 Å². The van der Waals surface area contributed by atoms with Crippen LogP contribution < -0.4 is 10.5 Å². The first-order chi connectivity index (χ1) is 9.21. The normalized spacial score (nSPS) is 12.3. The molecule has 2 aromatic heterocycles. The molecule has 2 heterocycles. The fourth-order valence-electron chi connectivity index (χ4n) is 1.67. The van der Waals surface area contributed by atoms with Gasteiger partial charge >= 0.3 is 0 Å². The number of hydrogen-bond acceptors (Lipinski definition) is 5. The molecule has 0 bridgehead atoms. The number of rotatable bonds is 3. The summed E-state index contributed by atoms with van der Waals surface area (Å²) in [6, 6.07) is 3.54. The van der Waals surface area contributed by atoms with Gasteiger partial charge in [0.2, 0.25) is 5.88 Å². The highest BCUT2D eigenvalue weighted by Gasteiger charge is 2.11. The van der Waals surface area contributed by atoms with Crippen LogP contribution in [0.3, 0.4) is 0 Å². The largest absolute Gasteiger partial charge is 0.481 e. The SMILES string of the molecule is CN=CC(=CN)c1cnc2ccc(OC)nc2c1Cl. The molecule has 2 N–H and O–H groups in total. The summed E-state index contributed by atoms with van der Waals surface area (Å²) in [6.45, 7) is 0. The molecule has 0 atom stereocenters. The lowest BCUT2D eigenvalue weighted by molar-refractivity contribution is 0.399. The van der Waals surface area contributed by atoms with Gasteiger partial charge in [-0.3, -0.25) is 9.98 Å². The minimum absolute atomic E-state index is 0.473. The van der Waals surface area contributed by atoms with E-state index >= 15 is 0 Å². The number of allylic oxidation sites excluding steroid dienone is 1. The number of aliphatic imine (C=N–C) groups is 1. The van der Waals surface area contributed by atoms with E-state index in [-0.39, 0.29) is 0 Å². The molecular weight excluding hydrogens is 264 g/mol. The predicted octanol–water partition coefficient (Wildman–Crippen LogP) is 2.29. The Morgan fingerprint density at radius 3 is 2.89 bits per heavy atom. The molecule has 2 rings (SSSR count). The maximum Gasteiger partial charge on any atom is 0.213 e. The molecule has 98 valence electrons. The van der Waals surface area contributed by atoms with Crippen LogP contribution in [-0.2, 0) is 0 Å². The first kappa shape index (κ1) is 13.3. The molecule has 0 aliphatic heterocycles. The summed E-state index contributed by atoms with van der Waals surface area (Å²) in [5.41, 5.74) is 8.21. The number of aromatic nitrogens is 2. The molecule has 0 fully saturated rings. The number of nitrogens with zero attached hydrogens (tertiary/aromatic N) is 3. The number of ether oxygens (including phenoxy) is 1. The van der Waals surface area contributed by atoms with E-state index in [0.717, 1.165) is 0 Å². The van der Waals surface area contributed by atoms with Crippen molar-refractivity contribution in [3.05, 3.63) is 35.1 Å². The van der Waals surface area contributed by atoms with Gasteiger partial charge in [-0.05, 0) is 6.07 Å². The van der Waals surface area contributed by atoms with Gasteiger partial charge in [-0.1, -0.05) is 11.6 Å². The van der Waals surface area contributed by atoms with E-state index in [1.807, 2.05) is 0 Å². The molecule has 5 nitrogen and oxygen atoms in total. The summed E-state index contributed by atoms with van der Waals surface area (Å²) in [5.74, 6) is 0.482. The zero-order valence-electron chi connectivity index (χ0n) is 10.6. The second-order valence-electron chi connectivity index (χ2n) is 3.72. The Kier molecular flexibility index (Phi) is 3.97. The van der Waals surface area contributed by atoms with Crippen LogP contribution >= 0.6 is 11.6 Å².